The van der Waals surface area contributed by atoms with Crippen molar-refractivity contribution in [3.63, 3.8) is 0 Å². The van der Waals surface area contributed by atoms with Crippen LogP contribution in [-0.2, 0) is 27.7 Å². The summed E-state index contributed by atoms with van der Waals surface area (Å²) in [5.41, 5.74) is 2.02. The third kappa shape index (κ3) is 4.83. The first-order chi connectivity index (χ1) is 14.4. The van der Waals surface area contributed by atoms with Gasteiger partial charge in [-0.05, 0) is 41.8 Å². The van der Waals surface area contributed by atoms with E-state index < -0.39 is 10.0 Å². The molecular formula is C22H28N2O5S. The van der Waals surface area contributed by atoms with Gasteiger partial charge in [0.2, 0.25) is 10.0 Å². The van der Waals surface area contributed by atoms with Gasteiger partial charge in [0.1, 0.15) is 5.75 Å². The number of nitrogens with zero attached hydrogens (tertiary/aromatic N) is 2. The first-order valence-corrected chi connectivity index (χ1v) is 11.4. The third-order valence-electron chi connectivity index (χ3n) is 5.21. The summed E-state index contributed by atoms with van der Waals surface area (Å²) in [6.45, 7) is 3.71. The van der Waals surface area contributed by atoms with Crippen molar-refractivity contribution in [2.75, 3.05) is 40.5 Å². The molecule has 1 aliphatic rings. The Kier molecular flexibility index (Phi) is 7.12. The summed E-state index contributed by atoms with van der Waals surface area (Å²) in [5.74, 6) is 0.521. The molecule has 1 aliphatic heterocycles. The molecule has 0 spiro atoms. The Labute approximate surface area is 178 Å². The minimum Gasteiger partial charge on any atom is -0.497 e. The highest BCUT2D eigenvalue weighted by Crippen LogP contribution is 2.24. The van der Waals surface area contributed by atoms with Crippen LogP contribution in [-0.4, -0.2) is 64.0 Å². The number of amides is 1. The van der Waals surface area contributed by atoms with Crippen LogP contribution in [0.25, 0.3) is 0 Å². The van der Waals surface area contributed by atoms with Crippen LogP contribution in [0, 0.1) is 0 Å². The number of benzene rings is 2. The summed E-state index contributed by atoms with van der Waals surface area (Å²) < 4.78 is 38.3. The molecule has 0 unspecified atom stereocenters. The van der Waals surface area contributed by atoms with Crippen molar-refractivity contribution in [2.45, 2.75) is 24.8 Å². The number of carbonyl (C=O) groups excluding carboxylic acids is 1. The molecule has 2 aromatic carbocycles. The number of aryl methyl sites for hydroxylation is 1. The van der Waals surface area contributed by atoms with E-state index in [4.69, 9.17) is 9.47 Å². The Morgan fingerprint density at radius 3 is 2.40 bits per heavy atom. The average Bonchev–Trinajstić information content (AvgIpc) is 2.79. The molecule has 0 saturated carbocycles. The third-order valence-corrected chi connectivity index (χ3v) is 7.19. The monoisotopic (exact) mass is 432 g/mol. The predicted octanol–water partition coefficient (Wildman–Crippen LogP) is 2.55. The van der Waals surface area contributed by atoms with Gasteiger partial charge in [0.05, 0.1) is 25.2 Å². The van der Waals surface area contributed by atoms with Gasteiger partial charge in [-0.1, -0.05) is 25.1 Å². The Hall–Kier alpha value is -2.42. The molecule has 1 fully saturated rings. The second-order valence-electron chi connectivity index (χ2n) is 7.20. The molecule has 1 amide bonds. The minimum absolute atomic E-state index is 0.204. The van der Waals surface area contributed by atoms with Crippen molar-refractivity contribution in [1.82, 2.24) is 9.21 Å². The van der Waals surface area contributed by atoms with Crippen LogP contribution in [0.4, 0.5) is 0 Å². The van der Waals surface area contributed by atoms with Crippen LogP contribution in [0.1, 0.15) is 28.4 Å². The second kappa shape index (κ2) is 9.59. The molecule has 7 nitrogen and oxygen atoms in total. The zero-order chi connectivity index (χ0) is 21.7. The molecule has 1 heterocycles. The van der Waals surface area contributed by atoms with Crippen LogP contribution in [0.3, 0.4) is 0 Å². The first kappa shape index (κ1) is 22.3. The summed E-state index contributed by atoms with van der Waals surface area (Å²) >= 11 is 0. The van der Waals surface area contributed by atoms with Crippen LogP contribution < -0.4 is 4.74 Å². The number of carbonyl (C=O) groups is 1. The fraction of sp³-hybridized carbons (Fsp3) is 0.409. The summed E-state index contributed by atoms with van der Waals surface area (Å²) in [7, 11) is -0.375. The van der Waals surface area contributed by atoms with Gasteiger partial charge in [-0.25, -0.2) is 8.42 Å². The van der Waals surface area contributed by atoms with Gasteiger partial charge >= 0.3 is 0 Å². The van der Waals surface area contributed by atoms with E-state index in [1.54, 1.807) is 31.2 Å². The second-order valence-corrected chi connectivity index (χ2v) is 9.11. The summed E-state index contributed by atoms with van der Waals surface area (Å²) in [6, 6.07) is 12.4. The highest BCUT2D eigenvalue weighted by atomic mass is 32.2. The van der Waals surface area contributed by atoms with Crippen LogP contribution in [0.15, 0.2) is 47.4 Å². The lowest BCUT2D eigenvalue weighted by Crippen LogP contribution is -2.41. The largest absolute Gasteiger partial charge is 0.497 e. The van der Waals surface area contributed by atoms with E-state index in [9.17, 15) is 13.2 Å². The summed E-state index contributed by atoms with van der Waals surface area (Å²) in [6.07, 6.45) is 0.565. The first-order valence-electron chi connectivity index (χ1n) is 9.96. The number of morpholine rings is 1. The number of hydrogen-bond acceptors (Lipinski definition) is 5. The summed E-state index contributed by atoms with van der Waals surface area (Å²) in [5, 5.41) is 0. The highest BCUT2D eigenvalue weighted by Gasteiger charge is 2.29. The minimum atomic E-state index is -3.68. The van der Waals surface area contributed by atoms with Crippen molar-refractivity contribution in [2.24, 2.45) is 0 Å². The number of methoxy groups -OCH3 is 1. The van der Waals surface area contributed by atoms with E-state index in [1.165, 1.54) is 10.4 Å². The molecule has 0 radical (unpaired) electrons. The highest BCUT2D eigenvalue weighted by molar-refractivity contribution is 7.89. The molecule has 2 aromatic rings. The normalized spacial score (nSPS) is 15.0. The zero-order valence-corrected chi connectivity index (χ0v) is 18.4. The van der Waals surface area contributed by atoms with Crippen molar-refractivity contribution in [1.29, 1.82) is 0 Å². The van der Waals surface area contributed by atoms with Crippen molar-refractivity contribution in [3.8, 4) is 5.75 Å². The lowest BCUT2D eigenvalue weighted by molar-refractivity contribution is 0.0729. The predicted molar refractivity (Wildman–Crippen MR) is 114 cm³/mol. The zero-order valence-electron chi connectivity index (χ0n) is 17.6. The van der Waals surface area contributed by atoms with Crippen molar-refractivity contribution >= 4 is 15.9 Å². The van der Waals surface area contributed by atoms with E-state index >= 15 is 0 Å². The van der Waals surface area contributed by atoms with Crippen LogP contribution in [0.5, 0.6) is 5.75 Å². The number of ether oxygens (including phenoxy) is 2. The van der Waals surface area contributed by atoms with E-state index in [2.05, 4.69) is 0 Å². The molecule has 1 saturated heterocycles. The molecule has 0 N–H and O–H groups in total. The van der Waals surface area contributed by atoms with Gasteiger partial charge in [0.15, 0.2) is 0 Å². The summed E-state index contributed by atoms with van der Waals surface area (Å²) in [4.78, 5) is 14.8. The smallest absolute Gasteiger partial charge is 0.253 e. The van der Waals surface area contributed by atoms with Crippen LogP contribution in [0.2, 0.25) is 0 Å². The van der Waals surface area contributed by atoms with Gasteiger partial charge < -0.3 is 14.4 Å². The Balaban J connectivity index is 1.84. The van der Waals surface area contributed by atoms with Gasteiger partial charge in [-0.2, -0.15) is 4.31 Å². The molecule has 3 rings (SSSR count). The molecule has 8 heteroatoms. The molecule has 0 atom stereocenters. The number of rotatable bonds is 7. The Morgan fingerprint density at radius 1 is 1.13 bits per heavy atom. The van der Waals surface area contributed by atoms with Gasteiger partial charge in [-0.15, -0.1) is 0 Å². The maximum atomic E-state index is 13.2. The number of hydrogen-bond donors (Lipinski definition) is 0. The Morgan fingerprint density at radius 2 is 1.80 bits per heavy atom. The van der Waals surface area contributed by atoms with Gasteiger partial charge in [-0.3, -0.25) is 4.79 Å². The van der Waals surface area contributed by atoms with Crippen molar-refractivity contribution < 1.29 is 22.7 Å². The van der Waals surface area contributed by atoms with Gasteiger partial charge in [0, 0.05) is 32.2 Å². The molecular weight excluding hydrogens is 404 g/mol. The maximum absolute atomic E-state index is 13.2. The fourth-order valence-corrected chi connectivity index (χ4v) is 5.17. The van der Waals surface area contributed by atoms with E-state index in [1.807, 2.05) is 31.2 Å². The van der Waals surface area contributed by atoms with E-state index in [0.29, 0.717) is 50.4 Å². The topological polar surface area (TPSA) is 76.2 Å². The maximum Gasteiger partial charge on any atom is 0.253 e. The fourth-order valence-electron chi connectivity index (χ4n) is 3.44. The molecule has 30 heavy (non-hydrogen) atoms. The lowest BCUT2D eigenvalue weighted by Gasteiger charge is -2.27. The van der Waals surface area contributed by atoms with E-state index in [0.717, 1.165) is 11.3 Å². The van der Waals surface area contributed by atoms with Crippen LogP contribution >= 0.6 is 0 Å². The standard InChI is InChI=1S/C22H28N2O5S/c1-4-18-7-8-19(15-21(18)30(26,27)24-11-13-29-14-12-24)22(25)23(2)16-17-5-9-20(28-3)10-6-17/h5-10,15H,4,11-14,16H2,1-3H3. The Bertz CT molecular complexity index is 983. The molecule has 0 aliphatic carbocycles. The van der Waals surface area contributed by atoms with Gasteiger partial charge in [0.25, 0.3) is 5.91 Å². The average molecular weight is 433 g/mol. The lowest BCUT2D eigenvalue weighted by atomic mass is 10.1. The quantitative estimate of drug-likeness (QED) is 0.672. The SMILES string of the molecule is CCc1ccc(C(=O)N(C)Cc2ccc(OC)cc2)cc1S(=O)(=O)N1CCOCC1. The molecule has 0 aromatic heterocycles. The number of sulfonamides is 1. The molecule has 0 bridgehead atoms. The molecule has 162 valence electrons. The van der Waals surface area contributed by atoms with Crippen molar-refractivity contribution in [3.05, 3.63) is 59.2 Å². The van der Waals surface area contributed by atoms with E-state index in [-0.39, 0.29) is 10.8 Å².